The normalized spacial score (nSPS) is 11.5. The van der Waals surface area contributed by atoms with Crippen LogP contribution < -0.4 is 10.9 Å². The average Bonchev–Trinajstić information content (AvgIpc) is 3.34. The van der Waals surface area contributed by atoms with Crippen molar-refractivity contribution >= 4 is 44.4 Å². The maximum Gasteiger partial charge on any atom is 0.300 e. The van der Waals surface area contributed by atoms with E-state index in [1.165, 1.54) is 12.4 Å². The van der Waals surface area contributed by atoms with Gasteiger partial charge in [0.2, 0.25) is 5.95 Å². The van der Waals surface area contributed by atoms with Crippen LogP contribution in [0.15, 0.2) is 41.5 Å². The van der Waals surface area contributed by atoms with Gasteiger partial charge in [0.1, 0.15) is 0 Å². The fourth-order valence-corrected chi connectivity index (χ4v) is 4.32. The Bertz CT molecular complexity index is 1520. The summed E-state index contributed by atoms with van der Waals surface area (Å²) < 4.78 is 29.8. The number of fused-ring (bicyclic) bond motifs is 2. The van der Waals surface area contributed by atoms with Gasteiger partial charge in [0.15, 0.2) is 22.8 Å². The van der Waals surface area contributed by atoms with Gasteiger partial charge in [0.25, 0.3) is 0 Å². The minimum Gasteiger partial charge on any atom is -0.339 e. The minimum atomic E-state index is -0.943. The molecule has 0 aliphatic carbocycles. The van der Waals surface area contributed by atoms with Gasteiger partial charge in [0.05, 0.1) is 28.1 Å². The van der Waals surface area contributed by atoms with E-state index in [0.29, 0.717) is 11.2 Å². The van der Waals surface area contributed by atoms with Crippen molar-refractivity contribution in [2.24, 2.45) is 0 Å². The first-order chi connectivity index (χ1) is 14.9. The van der Waals surface area contributed by atoms with Crippen LogP contribution in [-0.4, -0.2) is 24.5 Å². The highest BCUT2D eigenvalue weighted by atomic mass is 32.1. The van der Waals surface area contributed by atoms with E-state index in [1.54, 1.807) is 15.9 Å². The molecule has 3 aromatic heterocycles. The SMILES string of the molecule is Cc1nc2cc(C)c(Nc3nc(=O)c4[nH]cnc4n3Cc3ccc(F)c(F)c3)cc2s1. The molecular weight excluding hydrogens is 422 g/mol. The summed E-state index contributed by atoms with van der Waals surface area (Å²) in [5.41, 5.74) is 3.22. The first-order valence-electron chi connectivity index (χ1n) is 9.41. The predicted molar refractivity (Wildman–Crippen MR) is 116 cm³/mol. The van der Waals surface area contributed by atoms with E-state index >= 15 is 0 Å². The van der Waals surface area contributed by atoms with Crippen LogP contribution in [0.3, 0.4) is 0 Å². The Balaban J connectivity index is 1.64. The standard InChI is InChI=1S/C21H16F2N6OS/c1-10-5-16-17(31-11(2)26-16)7-15(10)27-21-28-20(30)18-19(25-9-24-18)29(21)8-12-3-4-13(22)14(23)6-12/h3-7,9H,8H2,1-2H3,(H,24,25)(H,27,28,30). The van der Waals surface area contributed by atoms with E-state index in [2.05, 4.69) is 25.3 Å². The zero-order valence-electron chi connectivity index (χ0n) is 16.5. The van der Waals surface area contributed by atoms with Crippen molar-refractivity contribution in [3.05, 3.63) is 74.8 Å². The van der Waals surface area contributed by atoms with Gasteiger partial charge in [-0.25, -0.2) is 18.7 Å². The van der Waals surface area contributed by atoms with Crippen LogP contribution in [0.2, 0.25) is 0 Å². The number of hydrogen-bond acceptors (Lipinski definition) is 6. The molecule has 5 rings (SSSR count). The molecule has 0 amide bonds. The van der Waals surface area contributed by atoms with Crippen LogP contribution in [0.5, 0.6) is 0 Å². The van der Waals surface area contributed by atoms with Crippen molar-refractivity contribution < 1.29 is 8.78 Å². The fraction of sp³-hybridized carbons (Fsp3) is 0.143. The van der Waals surface area contributed by atoms with Gasteiger partial charge in [-0.05, 0) is 49.2 Å². The van der Waals surface area contributed by atoms with Crippen molar-refractivity contribution in [1.29, 1.82) is 0 Å². The Hall–Kier alpha value is -3.66. The second-order valence-corrected chi connectivity index (χ2v) is 8.40. The highest BCUT2D eigenvalue weighted by Gasteiger charge is 2.16. The number of hydrogen-bond donors (Lipinski definition) is 2. The van der Waals surface area contributed by atoms with E-state index in [1.807, 2.05) is 26.0 Å². The van der Waals surface area contributed by atoms with Crippen molar-refractivity contribution in [2.45, 2.75) is 20.4 Å². The van der Waals surface area contributed by atoms with Gasteiger partial charge in [-0.1, -0.05) is 6.07 Å². The molecule has 5 aromatic rings. The molecule has 0 spiro atoms. The molecule has 0 aliphatic rings. The third kappa shape index (κ3) is 3.44. The first-order valence-corrected chi connectivity index (χ1v) is 10.2. The van der Waals surface area contributed by atoms with E-state index in [0.717, 1.165) is 38.6 Å². The molecule has 0 aliphatic heterocycles. The monoisotopic (exact) mass is 438 g/mol. The number of benzene rings is 2. The smallest absolute Gasteiger partial charge is 0.300 e. The zero-order valence-corrected chi connectivity index (χ0v) is 17.3. The number of nitrogens with zero attached hydrogens (tertiary/aromatic N) is 4. The van der Waals surface area contributed by atoms with E-state index in [4.69, 9.17) is 0 Å². The lowest BCUT2D eigenvalue weighted by Crippen LogP contribution is -2.19. The van der Waals surface area contributed by atoms with Crippen LogP contribution in [0, 0.1) is 25.5 Å². The van der Waals surface area contributed by atoms with Gasteiger partial charge < -0.3 is 10.3 Å². The number of rotatable bonds is 4. The molecule has 0 bridgehead atoms. The summed E-state index contributed by atoms with van der Waals surface area (Å²) in [6.07, 6.45) is 1.40. The summed E-state index contributed by atoms with van der Waals surface area (Å²) >= 11 is 1.57. The summed E-state index contributed by atoms with van der Waals surface area (Å²) in [4.78, 5) is 28.2. The average molecular weight is 438 g/mol. The topological polar surface area (TPSA) is 88.5 Å². The van der Waals surface area contributed by atoms with Gasteiger partial charge in [-0.2, -0.15) is 4.98 Å². The Morgan fingerprint density at radius 1 is 1.13 bits per heavy atom. The van der Waals surface area contributed by atoms with Crippen LogP contribution in [-0.2, 0) is 6.54 Å². The van der Waals surface area contributed by atoms with Gasteiger partial charge in [-0.15, -0.1) is 11.3 Å². The molecule has 0 saturated carbocycles. The van der Waals surface area contributed by atoms with Crippen LogP contribution in [0.25, 0.3) is 21.4 Å². The van der Waals surface area contributed by atoms with Gasteiger partial charge >= 0.3 is 5.56 Å². The van der Waals surface area contributed by atoms with Crippen molar-refractivity contribution in [2.75, 3.05) is 5.32 Å². The number of aryl methyl sites for hydroxylation is 2. The molecule has 0 unspecified atom stereocenters. The number of imidazole rings is 1. The van der Waals surface area contributed by atoms with E-state index < -0.39 is 17.2 Å². The maximum atomic E-state index is 13.8. The zero-order chi connectivity index (χ0) is 21.7. The largest absolute Gasteiger partial charge is 0.339 e. The summed E-state index contributed by atoms with van der Waals surface area (Å²) in [5.74, 6) is -1.62. The van der Waals surface area contributed by atoms with Crippen molar-refractivity contribution in [1.82, 2.24) is 24.5 Å². The van der Waals surface area contributed by atoms with Gasteiger partial charge in [0, 0.05) is 5.69 Å². The Labute approximate surface area is 178 Å². The fourth-order valence-electron chi connectivity index (χ4n) is 3.48. The highest BCUT2D eigenvalue weighted by Crippen LogP contribution is 2.30. The van der Waals surface area contributed by atoms with Crippen LogP contribution in [0.1, 0.15) is 16.1 Å². The summed E-state index contributed by atoms with van der Waals surface area (Å²) in [6, 6.07) is 7.59. The summed E-state index contributed by atoms with van der Waals surface area (Å²) in [6.45, 7) is 4.01. The van der Waals surface area contributed by atoms with Crippen LogP contribution in [0.4, 0.5) is 20.4 Å². The number of aromatic nitrogens is 5. The Kier molecular flexibility index (Phi) is 4.51. The molecule has 7 nitrogen and oxygen atoms in total. The van der Waals surface area contributed by atoms with Gasteiger partial charge in [-0.3, -0.25) is 9.36 Å². The number of H-pyrrole nitrogens is 1. The molecule has 0 radical (unpaired) electrons. The number of nitrogens with one attached hydrogen (secondary N) is 2. The second-order valence-electron chi connectivity index (χ2n) is 7.17. The Morgan fingerprint density at radius 2 is 1.97 bits per heavy atom. The Morgan fingerprint density at radius 3 is 2.77 bits per heavy atom. The molecular formula is C21H16F2N6OS. The molecule has 31 heavy (non-hydrogen) atoms. The third-order valence-corrected chi connectivity index (χ3v) is 5.90. The lowest BCUT2D eigenvalue weighted by Gasteiger charge is -2.16. The number of halogens is 2. The van der Waals surface area contributed by atoms with E-state index in [-0.39, 0.29) is 18.0 Å². The minimum absolute atomic E-state index is 0.134. The predicted octanol–water partition coefficient (Wildman–Crippen LogP) is 4.42. The molecule has 156 valence electrons. The molecule has 10 heteroatoms. The quantitative estimate of drug-likeness (QED) is 0.434. The third-order valence-electron chi connectivity index (χ3n) is 4.96. The molecule has 0 saturated heterocycles. The van der Waals surface area contributed by atoms with E-state index in [9.17, 15) is 13.6 Å². The lowest BCUT2D eigenvalue weighted by atomic mass is 10.2. The van der Waals surface area contributed by atoms with Crippen molar-refractivity contribution in [3.8, 4) is 0 Å². The maximum absolute atomic E-state index is 13.8. The summed E-state index contributed by atoms with van der Waals surface area (Å²) in [5, 5.41) is 4.18. The number of aromatic amines is 1. The molecule has 3 heterocycles. The lowest BCUT2D eigenvalue weighted by molar-refractivity contribution is 0.506. The first kappa shape index (κ1) is 19.3. The summed E-state index contributed by atoms with van der Waals surface area (Å²) in [7, 11) is 0. The number of anilines is 2. The van der Waals surface area contributed by atoms with Crippen molar-refractivity contribution in [3.63, 3.8) is 0 Å². The molecule has 2 N–H and O–H groups in total. The molecule has 0 atom stereocenters. The molecule has 0 fully saturated rings. The van der Waals surface area contributed by atoms with Crippen LogP contribution >= 0.6 is 11.3 Å². The highest BCUT2D eigenvalue weighted by molar-refractivity contribution is 7.18. The molecule has 2 aromatic carbocycles. The second kappa shape index (κ2) is 7.24. The number of thiazole rings is 1.